The molecule has 0 atom stereocenters. The first kappa shape index (κ1) is 15.2. The molecule has 0 fully saturated rings. The SMILES string of the molecule is COc1cc(-c2cc(OC(C)C)c(-c3noc(=O)[nH]3)s2)ncn1. The number of ether oxygens (including phenoxy) is 2. The molecule has 9 heteroatoms. The predicted molar refractivity (Wildman–Crippen MR) is 83.8 cm³/mol. The van der Waals surface area contributed by atoms with E-state index in [2.05, 4.69) is 24.6 Å². The molecule has 0 saturated heterocycles. The van der Waals surface area contributed by atoms with Gasteiger partial charge in [-0.15, -0.1) is 11.3 Å². The fraction of sp³-hybridized carbons (Fsp3) is 0.286. The van der Waals surface area contributed by atoms with Crippen molar-refractivity contribution in [3.8, 4) is 32.9 Å². The van der Waals surface area contributed by atoms with Gasteiger partial charge < -0.3 is 9.47 Å². The Bertz CT molecular complexity index is 868. The zero-order valence-electron chi connectivity index (χ0n) is 12.7. The summed E-state index contributed by atoms with van der Waals surface area (Å²) >= 11 is 1.38. The van der Waals surface area contributed by atoms with E-state index in [1.807, 2.05) is 19.9 Å². The summed E-state index contributed by atoms with van der Waals surface area (Å²) in [6.07, 6.45) is 1.39. The smallest absolute Gasteiger partial charge is 0.439 e. The topological polar surface area (TPSA) is 103 Å². The summed E-state index contributed by atoms with van der Waals surface area (Å²) in [5, 5.41) is 3.72. The molecule has 23 heavy (non-hydrogen) atoms. The number of aromatic nitrogens is 4. The van der Waals surface area contributed by atoms with Crippen LogP contribution in [0.2, 0.25) is 0 Å². The average molecular weight is 334 g/mol. The van der Waals surface area contributed by atoms with E-state index in [0.29, 0.717) is 28.0 Å². The fourth-order valence-electron chi connectivity index (χ4n) is 1.92. The van der Waals surface area contributed by atoms with E-state index in [1.165, 1.54) is 17.7 Å². The zero-order chi connectivity index (χ0) is 16.4. The Morgan fingerprint density at radius 3 is 2.78 bits per heavy atom. The number of hydrogen-bond donors (Lipinski definition) is 1. The molecule has 0 unspecified atom stereocenters. The Morgan fingerprint density at radius 2 is 2.13 bits per heavy atom. The van der Waals surface area contributed by atoms with Gasteiger partial charge in [-0.1, -0.05) is 5.16 Å². The van der Waals surface area contributed by atoms with Crippen molar-refractivity contribution < 1.29 is 14.0 Å². The van der Waals surface area contributed by atoms with Crippen LogP contribution in [0, 0.1) is 0 Å². The third-order valence-electron chi connectivity index (χ3n) is 2.82. The van der Waals surface area contributed by atoms with E-state index in [9.17, 15) is 4.79 Å². The first-order chi connectivity index (χ1) is 11.1. The van der Waals surface area contributed by atoms with Crippen LogP contribution in [0.3, 0.4) is 0 Å². The maximum Gasteiger partial charge on any atom is 0.439 e. The van der Waals surface area contributed by atoms with Gasteiger partial charge in [-0.3, -0.25) is 9.51 Å². The third-order valence-corrected chi connectivity index (χ3v) is 3.97. The fourth-order valence-corrected chi connectivity index (χ4v) is 2.92. The number of H-pyrrole nitrogens is 1. The Labute approximate surface area is 135 Å². The normalized spacial score (nSPS) is 11.0. The lowest BCUT2D eigenvalue weighted by molar-refractivity contribution is 0.244. The highest BCUT2D eigenvalue weighted by molar-refractivity contribution is 7.19. The molecule has 0 amide bonds. The van der Waals surface area contributed by atoms with Gasteiger partial charge in [-0.25, -0.2) is 14.8 Å². The van der Waals surface area contributed by atoms with Crippen molar-refractivity contribution in [3.05, 3.63) is 29.0 Å². The summed E-state index contributed by atoms with van der Waals surface area (Å²) in [4.78, 5) is 23.5. The maximum absolute atomic E-state index is 11.2. The summed E-state index contributed by atoms with van der Waals surface area (Å²) in [6, 6.07) is 3.56. The number of nitrogens with zero attached hydrogens (tertiary/aromatic N) is 3. The standard InChI is InChI=1S/C14H14N4O4S/c1-7(2)21-9-5-10(8-4-11(20-3)16-6-15-8)23-12(9)13-17-14(19)22-18-13/h4-7H,1-3H3,(H,17,18,19). The summed E-state index contributed by atoms with van der Waals surface area (Å²) in [5.41, 5.74) is 0.688. The largest absolute Gasteiger partial charge is 0.489 e. The summed E-state index contributed by atoms with van der Waals surface area (Å²) < 4.78 is 15.5. The molecule has 0 radical (unpaired) electrons. The molecule has 0 aliphatic rings. The number of methoxy groups -OCH3 is 1. The Balaban J connectivity index is 2.08. The molecule has 1 N–H and O–H groups in total. The maximum atomic E-state index is 11.2. The van der Waals surface area contributed by atoms with Crippen LogP contribution in [0.5, 0.6) is 11.6 Å². The van der Waals surface area contributed by atoms with Gasteiger partial charge in [-0.2, -0.15) is 0 Å². The number of aromatic amines is 1. The Kier molecular flexibility index (Phi) is 4.11. The minimum atomic E-state index is -0.617. The second-order valence-electron chi connectivity index (χ2n) is 4.86. The molecular formula is C14H14N4O4S. The van der Waals surface area contributed by atoms with Crippen LogP contribution >= 0.6 is 11.3 Å². The van der Waals surface area contributed by atoms with Crippen molar-refractivity contribution in [2.24, 2.45) is 0 Å². The highest BCUT2D eigenvalue weighted by atomic mass is 32.1. The van der Waals surface area contributed by atoms with Crippen LogP contribution in [-0.2, 0) is 0 Å². The average Bonchev–Trinajstić information content (AvgIpc) is 3.13. The first-order valence-electron chi connectivity index (χ1n) is 6.80. The molecule has 3 aromatic heterocycles. The van der Waals surface area contributed by atoms with Crippen LogP contribution in [0.15, 0.2) is 27.8 Å². The highest BCUT2D eigenvalue weighted by Gasteiger charge is 2.19. The van der Waals surface area contributed by atoms with Crippen molar-refractivity contribution in [1.82, 2.24) is 20.1 Å². The monoisotopic (exact) mass is 334 g/mol. The van der Waals surface area contributed by atoms with Gasteiger partial charge in [-0.05, 0) is 13.8 Å². The molecule has 3 heterocycles. The van der Waals surface area contributed by atoms with Gasteiger partial charge in [0.2, 0.25) is 5.88 Å². The van der Waals surface area contributed by atoms with Gasteiger partial charge in [0.15, 0.2) is 5.82 Å². The minimum absolute atomic E-state index is 0.0326. The molecule has 3 rings (SSSR count). The minimum Gasteiger partial charge on any atom is -0.489 e. The number of rotatable bonds is 5. The molecule has 0 saturated carbocycles. The van der Waals surface area contributed by atoms with E-state index >= 15 is 0 Å². The van der Waals surface area contributed by atoms with E-state index in [0.717, 1.165) is 4.88 Å². The lowest BCUT2D eigenvalue weighted by Crippen LogP contribution is -2.05. The highest BCUT2D eigenvalue weighted by Crippen LogP contribution is 2.41. The van der Waals surface area contributed by atoms with Crippen LogP contribution in [0.25, 0.3) is 21.3 Å². The molecule has 0 aliphatic heterocycles. The summed E-state index contributed by atoms with van der Waals surface area (Å²) in [5.74, 6) is 0.769. The van der Waals surface area contributed by atoms with Gasteiger partial charge in [0.05, 0.1) is 23.8 Å². The molecule has 3 aromatic rings. The number of thiophene rings is 1. The van der Waals surface area contributed by atoms with Crippen molar-refractivity contribution in [2.75, 3.05) is 7.11 Å². The molecule has 8 nitrogen and oxygen atoms in total. The molecule has 0 aromatic carbocycles. The van der Waals surface area contributed by atoms with Gasteiger partial charge >= 0.3 is 5.76 Å². The van der Waals surface area contributed by atoms with Gasteiger partial charge in [0.1, 0.15) is 17.0 Å². The lowest BCUT2D eigenvalue weighted by atomic mass is 10.3. The van der Waals surface area contributed by atoms with E-state index in [4.69, 9.17) is 9.47 Å². The van der Waals surface area contributed by atoms with E-state index in [-0.39, 0.29) is 6.10 Å². The van der Waals surface area contributed by atoms with Crippen LogP contribution < -0.4 is 15.2 Å². The first-order valence-corrected chi connectivity index (χ1v) is 7.61. The molecule has 0 bridgehead atoms. The van der Waals surface area contributed by atoms with Crippen molar-refractivity contribution in [3.63, 3.8) is 0 Å². The molecule has 0 aliphatic carbocycles. The molecule has 120 valence electrons. The van der Waals surface area contributed by atoms with Crippen molar-refractivity contribution in [2.45, 2.75) is 20.0 Å². The van der Waals surface area contributed by atoms with E-state index in [1.54, 1.807) is 13.2 Å². The predicted octanol–water partition coefficient (Wildman–Crippen LogP) is 2.34. The third kappa shape index (κ3) is 3.24. The zero-order valence-corrected chi connectivity index (χ0v) is 13.5. The summed E-state index contributed by atoms with van der Waals surface area (Å²) in [6.45, 7) is 3.83. The van der Waals surface area contributed by atoms with Gasteiger partial charge in [0, 0.05) is 12.1 Å². The molecule has 0 spiro atoms. The van der Waals surface area contributed by atoms with Crippen LogP contribution in [-0.4, -0.2) is 33.3 Å². The summed E-state index contributed by atoms with van der Waals surface area (Å²) in [7, 11) is 1.54. The second-order valence-corrected chi connectivity index (χ2v) is 5.91. The van der Waals surface area contributed by atoms with Gasteiger partial charge in [0.25, 0.3) is 0 Å². The van der Waals surface area contributed by atoms with Crippen molar-refractivity contribution in [1.29, 1.82) is 0 Å². The quantitative estimate of drug-likeness (QED) is 0.763. The Hall–Kier alpha value is -2.68. The van der Waals surface area contributed by atoms with Crippen molar-refractivity contribution >= 4 is 11.3 Å². The van der Waals surface area contributed by atoms with Crippen LogP contribution in [0.1, 0.15) is 13.8 Å². The Morgan fingerprint density at radius 1 is 1.30 bits per heavy atom. The number of nitrogens with one attached hydrogen (secondary N) is 1. The lowest BCUT2D eigenvalue weighted by Gasteiger charge is -2.08. The van der Waals surface area contributed by atoms with Crippen LogP contribution in [0.4, 0.5) is 0 Å². The molecular weight excluding hydrogens is 320 g/mol. The number of hydrogen-bond acceptors (Lipinski definition) is 8. The van der Waals surface area contributed by atoms with E-state index < -0.39 is 5.76 Å². The second kappa shape index (κ2) is 6.21.